The molecule has 1 aromatic rings. The van der Waals surface area contributed by atoms with Crippen molar-refractivity contribution in [3.63, 3.8) is 0 Å². The van der Waals surface area contributed by atoms with Crippen LogP contribution in [0.15, 0.2) is 24.3 Å². The van der Waals surface area contributed by atoms with Crippen molar-refractivity contribution in [3.05, 3.63) is 29.3 Å². The molecule has 2 saturated heterocycles. The van der Waals surface area contributed by atoms with E-state index in [0.717, 1.165) is 12.8 Å². The van der Waals surface area contributed by atoms with Crippen LogP contribution in [0.2, 0.25) is 5.02 Å². The smallest absolute Gasteiger partial charge is 0.309 e. The highest BCUT2D eigenvalue weighted by Crippen LogP contribution is 2.33. The fraction of sp³-hybridized carbons (Fsp3) is 0.600. The summed E-state index contributed by atoms with van der Waals surface area (Å²) >= 11 is 6.14. The molecular weight excluding hydrogens is 370 g/mol. The van der Waals surface area contributed by atoms with Gasteiger partial charge in [0.15, 0.2) is 6.10 Å². The summed E-state index contributed by atoms with van der Waals surface area (Å²) in [6.45, 7) is 3.61. The van der Waals surface area contributed by atoms with Gasteiger partial charge < -0.3 is 19.5 Å². The second-order valence-electron chi connectivity index (χ2n) is 7.18. The van der Waals surface area contributed by atoms with E-state index in [4.69, 9.17) is 21.1 Å². The van der Waals surface area contributed by atoms with E-state index < -0.39 is 18.0 Å². The minimum Gasteiger partial charge on any atom is -0.481 e. The maximum atomic E-state index is 12.9. The molecule has 3 atom stereocenters. The summed E-state index contributed by atoms with van der Waals surface area (Å²) in [7, 11) is 0. The van der Waals surface area contributed by atoms with Crippen LogP contribution in [0.25, 0.3) is 0 Å². The van der Waals surface area contributed by atoms with Gasteiger partial charge in [0.25, 0.3) is 5.91 Å². The van der Waals surface area contributed by atoms with E-state index in [-0.39, 0.29) is 17.9 Å². The van der Waals surface area contributed by atoms with Gasteiger partial charge in [0.05, 0.1) is 17.0 Å². The molecule has 7 heteroatoms. The molecule has 6 nitrogen and oxygen atoms in total. The first-order valence-corrected chi connectivity index (χ1v) is 9.93. The van der Waals surface area contributed by atoms with Gasteiger partial charge in [-0.3, -0.25) is 9.59 Å². The van der Waals surface area contributed by atoms with Crippen LogP contribution in [-0.4, -0.2) is 53.8 Å². The van der Waals surface area contributed by atoms with E-state index >= 15 is 0 Å². The zero-order valence-corrected chi connectivity index (χ0v) is 16.2. The molecule has 148 valence electrons. The maximum Gasteiger partial charge on any atom is 0.309 e. The molecule has 0 bridgehead atoms. The number of hydrogen-bond acceptors (Lipinski definition) is 4. The van der Waals surface area contributed by atoms with Gasteiger partial charge in [0.2, 0.25) is 0 Å². The van der Waals surface area contributed by atoms with E-state index in [1.165, 1.54) is 0 Å². The van der Waals surface area contributed by atoms with E-state index in [1.807, 2.05) is 24.0 Å². The Hall–Kier alpha value is -1.79. The second-order valence-corrected chi connectivity index (χ2v) is 7.58. The number of rotatable bonds is 6. The maximum absolute atomic E-state index is 12.9. The van der Waals surface area contributed by atoms with Crippen LogP contribution in [0, 0.1) is 11.8 Å². The van der Waals surface area contributed by atoms with Gasteiger partial charge in [-0.05, 0) is 43.7 Å². The number of likely N-dealkylation sites (tertiary alicyclic amines) is 1. The zero-order valence-electron chi connectivity index (χ0n) is 15.5. The van der Waals surface area contributed by atoms with Crippen LogP contribution in [0.3, 0.4) is 0 Å². The fourth-order valence-electron chi connectivity index (χ4n) is 3.99. The van der Waals surface area contributed by atoms with Crippen molar-refractivity contribution in [2.24, 2.45) is 11.8 Å². The molecule has 0 saturated carbocycles. The lowest BCUT2D eigenvalue weighted by Gasteiger charge is -2.36. The Morgan fingerprint density at radius 1 is 1.30 bits per heavy atom. The van der Waals surface area contributed by atoms with Crippen molar-refractivity contribution < 1.29 is 24.2 Å². The van der Waals surface area contributed by atoms with Gasteiger partial charge in [0.1, 0.15) is 5.75 Å². The number of ether oxygens (including phenoxy) is 2. The summed E-state index contributed by atoms with van der Waals surface area (Å²) in [5, 5.41) is 9.84. The SMILES string of the molecule is CCC(Oc1ccccc1Cl)C(=O)N1CCC([C@@H]2OCCC2C(=O)O)CC1. The monoisotopic (exact) mass is 395 g/mol. The first-order chi connectivity index (χ1) is 13.0. The lowest BCUT2D eigenvalue weighted by atomic mass is 9.84. The third kappa shape index (κ3) is 4.55. The summed E-state index contributed by atoms with van der Waals surface area (Å²) in [6.07, 6.45) is 1.82. The summed E-state index contributed by atoms with van der Waals surface area (Å²) in [5.41, 5.74) is 0. The molecule has 2 aliphatic heterocycles. The predicted octanol–water partition coefficient (Wildman–Crippen LogP) is 3.23. The van der Waals surface area contributed by atoms with Crippen LogP contribution < -0.4 is 4.74 Å². The Morgan fingerprint density at radius 3 is 2.63 bits per heavy atom. The van der Waals surface area contributed by atoms with E-state index in [0.29, 0.717) is 43.3 Å². The van der Waals surface area contributed by atoms with Crippen molar-refractivity contribution in [2.45, 2.75) is 44.8 Å². The van der Waals surface area contributed by atoms with Crippen LogP contribution >= 0.6 is 11.6 Å². The minimum absolute atomic E-state index is 0.0435. The predicted molar refractivity (Wildman–Crippen MR) is 101 cm³/mol. The summed E-state index contributed by atoms with van der Waals surface area (Å²) < 4.78 is 11.6. The van der Waals surface area contributed by atoms with Gasteiger partial charge in [0, 0.05) is 19.7 Å². The Balaban J connectivity index is 1.57. The lowest BCUT2D eigenvalue weighted by Crippen LogP contribution is -2.47. The van der Waals surface area contributed by atoms with E-state index in [1.54, 1.807) is 12.1 Å². The number of amides is 1. The number of nitrogens with zero attached hydrogens (tertiary/aromatic N) is 1. The highest BCUT2D eigenvalue weighted by atomic mass is 35.5. The van der Waals surface area contributed by atoms with Gasteiger partial charge in [-0.15, -0.1) is 0 Å². The Bertz CT molecular complexity index is 674. The van der Waals surface area contributed by atoms with Crippen molar-refractivity contribution in [1.82, 2.24) is 4.90 Å². The number of carbonyl (C=O) groups excluding carboxylic acids is 1. The number of aliphatic carboxylic acids is 1. The number of carboxylic acids is 1. The third-order valence-corrected chi connectivity index (χ3v) is 5.83. The van der Waals surface area contributed by atoms with Crippen LogP contribution in [0.5, 0.6) is 5.75 Å². The normalized spacial score (nSPS) is 24.6. The fourth-order valence-corrected chi connectivity index (χ4v) is 4.17. The Kier molecular flexibility index (Phi) is 6.60. The van der Waals surface area contributed by atoms with Crippen molar-refractivity contribution in [2.75, 3.05) is 19.7 Å². The van der Waals surface area contributed by atoms with Gasteiger partial charge >= 0.3 is 5.97 Å². The highest BCUT2D eigenvalue weighted by Gasteiger charge is 2.41. The largest absolute Gasteiger partial charge is 0.481 e. The first-order valence-electron chi connectivity index (χ1n) is 9.55. The summed E-state index contributed by atoms with van der Waals surface area (Å²) in [5.74, 6) is -0.558. The molecule has 1 amide bonds. The topological polar surface area (TPSA) is 76.1 Å². The molecule has 2 heterocycles. The molecule has 2 fully saturated rings. The molecule has 1 aromatic carbocycles. The van der Waals surface area contributed by atoms with Crippen LogP contribution in [-0.2, 0) is 14.3 Å². The molecule has 0 radical (unpaired) electrons. The van der Waals surface area contributed by atoms with E-state index in [2.05, 4.69) is 0 Å². The van der Waals surface area contributed by atoms with Crippen molar-refractivity contribution in [1.29, 1.82) is 0 Å². The quantitative estimate of drug-likeness (QED) is 0.800. The van der Waals surface area contributed by atoms with Crippen molar-refractivity contribution >= 4 is 23.5 Å². The first kappa shape index (κ1) is 20.0. The van der Waals surface area contributed by atoms with Crippen LogP contribution in [0.4, 0.5) is 0 Å². The molecule has 0 spiro atoms. The summed E-state index contributed by atoms with van der Waals surface area (Å²) in [6, 6.07) is 7.14. The van der Waals surface area contributed by atoms with E-state index in [9.17, 15) is 14.7 Å². The lowest BCUT2D eigenvalue weighted by molar-refractivity contribution is -0.147. The van der Waals surface area contributed by atoms with Crippen LogP contribution in [0.1, 0.15) is 32.6 Å². The number of benzene rings is 1. The Labute approximate surface area is 164 Å². The molecule has 27 heavy (non-hydrogen) atoms. The molecule has 0 aromatic heterocycles. The van der Waals surface area contributed by atoms with Gasteiger partial charge in [-0.1, -0.05) is 30.7 Å². The zero-order chi connectivity index (χ0) is 19.4. The minimum atomic E-state index is -0.782. The molecule has 3 rings (SSSR count). The molecular formula is C20H26ClNO5. The number of hydrogen-bond donors (Lipinski definition) is 1. The third-order valence-electron chi connectivity index (χ3n) is 5.52. The molecule has 2 aliphatic rings. The summed E-state index contributed by atoms with van der Waals surface area (Å²) in [4.78, 5) is 26.1. The van der Waals surface area contributed by atoms with Crippen molar-refractivity contribution in [3.8, 4) is 5.75 Å². The average molecular weight is 396 g/mol. The number of halogens is 1. The average Bonchev–Trinajstić information content (AvgIpc) is 3.17. The molecule has 2 unspecified atom stereocenters. The number of piperidine rings is 1. The van der Waals surface area contributed by atoms with Gasteiger partial charge in [-0.2, -0.15) is 0 Å². The van der Waals surface area contributed by atoms with Gasteiger partial charge in [-0.25, -0.2) is 0 Å². The standard InChI is InChI=1S/C20H26ClNO5/c1-2-16(27-17-6-4-3-5-15(17)21)19(23)22-10-7-13(8-11-22)18-14(20(24)25)9-12-26-18/h3-6,13-14,16,18H,2,7-12H2,1H3,(H,24,25)/t14?,16?,18-/m0/s1. The molecule has 1 N–H and O–H groups in total. The highest BCUT2D eigenvalue weighted by molar-refractivity contribution is 6.32. The molecule has 0 aliphatic carbocycles. The number of carboxylic acid groups (broad SMARTS) is 1. The Morgan fingerprint density at radius 2 is 2.00 bits per heavy atom. The number of para-hydroxylation sites is 1. The number of carbonyl (C=O) groups is 2. The second kappa shape index (κ2) is 8.93.